The van der Waals surface area contributed by atoms with E-state index >= 15 is 0 Å². The number of ether oxygens (including phenoxy) is 1. The van der Waals surface area contributed by atoms with Gasteiger partial charge in [-0.3, -0.25) is 0 Å². The fourth-order valence-electron chi connectivity index (χ4n) is 2.09. The van der Waals surface area contributed by atoms with Crippen LogP contribution in [0.5, 0.6) is 0 Å². The lowest BCUT2D eigenvalue weighted by Crippen LogP contribution is -2.30. The van der Waals surface area contributed by atoms with Crippen molar-refractivity contribution in [2.24, 2.45) is 0 Å². The second-order valence-electron chi connectivity index (χ2n) is 4.54. The summed E-state index contributed by atoms with van der Waals surface area (Å²) in [6.07, 6.45) is 0.288. The van der Waals surface area contributed by atoms with Crippen molar-refractivity contribution < 1.29 is 26.0 Å². The third-order valence-electron chi connectivity index (χ3n) is 3.24. The molecular formula is C11H13ClFNO5S2. The van der Waals surface area contributed by atoms with E-state index in [0.29, 0.717) is 12.5 Å². The largest absolute Gasteiger partial charge is 0.380 e. The van der Waals surface area contributed by atoms with Crippen LogP contribution in [0.3, 0.4) is 0 Å². The van der Waals surface area contributed by atoms with Gasteiger partial charge in [-0.15, -0.1) is 0 Å². The molecule has 2 rings (SSSR count). The molecule has 1 atom stereocenters. The van der Waals surface area contributed by atoms with Crippen LogP contribution in [0.2, 0.25) is 0 Å². The first kappa shape index (κ1) is 16.6. The highest BCUT2D eigenvalue weighted by Crippen LogP contribution is 2.26. The zero-order valence-electron chi connectivity index (χ0n) is 11.0. The predicted molar refractivity (Wildman–Crippen MR) is 73.6 cm³/mol. The fraction of sp³-hybridized carbons (Fsp3) is 0.455. The maximum atomic E-state index is 13.9. The summed E-state index contributed by atoms with van der Waals surface area (Å²) >= 11 is 0. The van der Waals surface area contributed by atoms with E-state index in [0.717, 1.165) is 16.4 Å². The highest BCUT2D eigenvalue weighted by molar-refractivity contribution is 8.13. The maximum Gasteiger partial charge on any atom is 0.261 e. The molecule has 1 aliphatic rings. The van der Waals surface area contributed by atoms with E-state index in [1.165, 1.54) is 7.11 Å². The van der Waals surface area contributed by atoms with Gasteiger partial charge in [0.2, 0.25) is 10.0 Å². The number of sulfonamides is 1. The first-order chi connectivity index (χ1) is 9.66. The fourth-order valence-corrected chi connectivity index (χ4v) is 4.38. The van der Waals surface area contributed by atoms with Crippen LogP contribution >= 0.6 is 10.7 Å². The highest BCUT2D eigenvalue weighted by Gasteiger charge is 2.34. The van der Waals surface area contributed by atoms with Gasteiger partial charge in [0.15, 0.2) is 0 Å². The van der Waals surface area contributed by atoms with E-state index in [4.69, 9.17) is 15.4 Å². The van der Waals surface area contributed by atoms with Crippen LogP contribution in [0.4, 0.5) is 4.39 Å². The standard InChI is InChI=1S/C11H13ClFNO5S2/c1-19-8-4-5-14(7-8)21(17,18)11-3-2-9(6-10(11)13)20(12,15)16/h2-3,6,8H,4-5,7H2,1H3. The second kappa shape index (κ2) is 5.81. The Morgan fingerprint density at radius 1 is 1.33 bits per heavy atom. The number of nitrogens with zero attached hydrogens (tertiary/aromatic N) is 1. The van der Waals surface area contributed by atoms with E-state index in [1.54, 1.807) is 0 Å². The average molecular weight is 358 g/mol. The van der Waals surface area contributed by atoms with Gasteiger partial charge >= 0.3 is 0 Å². The molecule has 0 N–H and O–H groups in total. The Morgan fingerprint density at radius 3 is 2.48 bits per heavy atom. The quantitative estimate of drug-likeness (QED) is 0.755. The Labute approximate surface area is 126 Å². The molecule has 1 aromatic rings. The van der Waals surface area contributed by atoms with E-state index < -0.39 is 34.7 Å². The van der Waals surface area contributed by atoms with Crippen molar-refractivity contribution in [3.05, 3.63) is 24.0 Å². The number of hydrogen-bond acceptors (Lipinski definition) is 5. The molecule has 0 aliphatic carbocycles. The van der Waals surface area contributed by atoms with Crippen molar-refractivity contribution in [1.82, 2.24) is 4.31 Å². The molecule has 1 saturated heterocycles. The molecule has 1 aromatic carbocycles. The summed E-state index contributed by atoms with van der Waals surface area (Å²) < 4.78 is 67.0. The Bertz CT molecular complexity index is 750. The molecule has 0 radical (unpaired) electrons. The van der Waals surface area contributed by atoms with Crippen molar-refractivity contribution in [1.29, 1.82) is 0 Å². The summed E-state index contributed by atoms with van der Waals surface area (Å²) in [5.74, 6) is -1.16. The minimum atomic E-state index is -4.12. The van der Waals surface area contributed by atoms with Crippen molar-refractivity contribution in [2.45, 2.75) is 22.3 Å². The maximum absolute atomic E-state index is 13.9. The van der Waals surface area contributed by atoms with Gasteiger partial charge in [-0.05, 0) is 24.6 Å². The monoisotopic (exact) mass is 357 g/mol. The molecule has 1 unspecified atom stereocenters. The van der Waals surface area contributed by atoms with E-state index in [2.05, 4.69) is 0 Å². The minimum Gasteiger partial charge on any atom is -0.380 e. The molecule has 1 fully saturated rings. The molecule has 0 amide bonds. The van der Waals surface area contributed by atoms with Gasteiger partial charge in [-0.2, -0.15) is 4.31 Å². The normalized spacial score (nSPS) is 20.8. The molecule has 0 aromatic heterocycles. The first-order valence-corrected chi connectivity index (χ1v) is 9.68. The first-order valence-electron chi connectivity index (χ1n) is 5.93. The van der Waals surface area contributed by atoms with Crippen LogP contribution in [-0.4, -0.2) is 47.4 Å². The summed E-state index contributed by atoms with van der Waals surface area (Å²) in [4.78, 5) is -1.07. The number of rotatable bonds is 4. The topological polar surface area (TPSA) is 80.8 Å². The lowest BCUT2D eigenvalue weighted by molar-refractivity contribution is 0.115. The van der Waals surface area contributed by atoms with Gasteiger partial charge in [-0.1, -0.05) is 0 Å². The number of methoxy groups -OCH3 is 1. The van der Waals surface area contributed by atoms with E-state index in [9.17, 15) is 21.2 Å². The Hall–Kier alpha value is -0.740. The van der Waals surface area contributed by atoms with Crippen molar-refractivity contribution in [3.8, 4) is 0 Å². The lowest BCUT2D eigenvalue weighted by Gasteiger charge is -2.16. The Balaban J connectivity index is 2.38. The van der Waals surface area contributed by atoms with E-state index in [1.807, 2.05) is 0 Å². The number of halogens is 2. The molecule has 6 nitrogen and oxygen atoms in total. The van der Waals surface area contributed by atoms with Gasteiger partial charge in [0.25, 0.3) is 9.05 Å². The van der Waals surface area contributed by atoms with E-state index in [-0.39, 0.29) is 19.2 Å². The van der Waals surface area contributed by atoms with Crippen molar-refractivity contribution >= 4 is 29.8 Å². The van der Waals surface area contributed by atoms with Crippen molar-refractivity contribution in [2.75, 3.05) is 20.2 Å². The molecule has 21 heavy (non-hydrogen) atoms. The van der Waals surface area contributed by atoms with Gasteiger partial charge in [0.05, 0.1) is 11.0 Å². The SMILES string of the molecule is COC1CCN(S(=O)(=O)c2ccc(S(=O)(=O)Cl)cc2F)C1. The summed E-state index contributed by atoms with van der Waals surface area (Å²) in [5, 5.41) is 0. The molecule has 1 aliphatic heterocycles. The highest BCUT2D eigenvalue weighted by atomic mass is 35.7. The summed E-state index contributed by atoms with van der Waals surface area (Å²) in [5.41, 5.74) is 0. The molecule has 0 spiro atoms. The van der Waals surface area contributed by atoms with Gasteiger partial charge in [-0.25, -0.2) is 21.2 Å². The third-order valence-corrected chi connectivity index (χ3v) is 6.49. The van der Waals surface area contributed by atoms with Crippen LogP contribution < -0.4 is 0 Å². The van der Waals surface area contributed by atoms with Crippen LogP contribution in [0, 0.1) is 5.82 Å². The molecular weight excluding hydrogens is 345 g/mol. The van der Waals surface area contributed by atoms with Crippen molar-refractivity contribution in [3.63, 3.8) is 0 Å². The molecule has 10 heteroatoms. The molecule has 1 heterocycles. The van der Waals surface area contributed by atoms with Crippen LogP contribution in [0.1, 0.15) is 6.42 Å². The average Bonchev–Trinajstić information content (AvgIpc) is 2.86. The number of hydrogen-bond donors (Lipinski definition) is 0. The number of benzene rings is 1. The summed E-state index contributed by atoms with van der Waals surface area (Å²) in [6, 6.07) is 2.46. The smallest absolute Gasteiger partial charge is 0.261 e. The third kappa shape index (κ3) is 3.37. The van der Waals surface area contributed by atoms with Crippen LogP contribution in [0.25, 0.3) is 0 Å². The van der Waals surface area contributed by atoms with Crippen LogP contribution in [0.15, 0.2) is 28.0 Å². The zero-order chi connectivity index (χ0) is 15.8. The van der Waals surface area contributed by atoms with Gasteiger partial charge < -0.3 is 4.74 Å². The molecule has 0 saturated carbocycles. The zero-order valence-corrected chi connectivity index (χ0v) is 13.4. The predicted octanol–water partition coefficient (Wildman–Crippen LogP) is 1.16. The molecule has 118 valence electrons. The Morgan fingerprint density at radius 2 is 2.00 bits per heavy atom. The van der Waals surface area contributed by atoms with Gasteiger partial charge in [0.1, 0.15) is 10.7 Å². The lowest BCUT2D eigenvalue weighted by atomic mass is 10.3. The summed E-state index contributed by atoms with van der Waals surface area (Å²) in [6.45, 7) is 0.351. The minimum absolute atomic E-state index is 0.133. The second-order valence-corrected chi connectivity index (χ2v) is 9.01. The van der Waals surface area contributed by atoms with Crippen LogP contribution in [-0.2, 0) is 23.8 Å². The van der Waals surface area contributed by atoms with Gasteiger partial charge in [0, 0.05) is 30.9 Å². The summed E-state index contributed by atoms with van der Waals surface area (Å²) in [7, 11) is -1.58. The molecule has 0 bridgehead atoms. The Kier molecular flexibility index (Phi) is 4.60.